The first-order valence-corrected chi connectivity index (χ1v) is 6.14. The van der Waals surface area contributed by atoms with Crippen LogP contribution in [-0.2, 0) is 9.53 Å². The van der Waals surface area contributed by atoms with Gasteiger partial charge in [0.1, 0.15) is 23.8 Å². The summed E-state index contributed by atoms with van der Waals surface area (Å²) in [5.74, 6) is -1.03. The van der Waals surface area contributed by atoms with Crippen molar-refractivity contribution >= 4 is 17.3 Å². The molecule has 1 fully saturated rings. The summed E-state index contributed by atoms with van der Waals surface area (Å²) >= 11 is 0. The van der Waals surface area contributed by atoms with Gasteiger partial charge < -0.3 is 14.7 Å². The number of carbonyl (C=O) groups is 1. The highest BCUT2D eigenvalue weighted by Crippen LogP contribution is 2.32. The van der Waals surface area contributed by atoms with Crippen molar-refractivity contribution in [2.45, 2.75) is 12.5 Å². The van der Waals surface area contributed by atoms with Gasteiger partial charge in [-0.05, 0) is 19.1 Å². The lowest BCUT2D eigenvalue weighted by atomic mass is 9.95. The molecule has 8 heteroatoms. The van der Waals surface area contributed by atoms with E-state index in [0.29, 0.717) is 18.8 Å². The number of nitro groups is 1. The van der Waals surface area contributed by atoms with Crippen LogP contribution in [0.3, 0.4) is 0 Å². The zero-order valence-corrected chi connectivity index (χ0v) is 11.3. The maximum atomic E-state index is 10.8. The Labute approximate surface area is 120 Å². The van der Waals surface area contributed by atoms with Crippen LogP contribution in [0.15, 0.2) is 18.2 Å². The monoisotopic (exact) mass is 291 g/mol. The van der Waals surface area contributed by atoms with Crippen molar-refractivity contribution in [3.63, 3.8) is 0 Å². The molecule has 1 N–H and O–H groups in total. The number of carboxylic acids is 1. The van der Waals surface area contributed by atoms with E-state index >= 15 is 0 Å². The molecule has 0 saturated carbocycles. The second-order valence-electron chi connectivity index (χ2n) is 5.06. The molecular weight excluding hydrogens is 278 g/mol. The SMILES string of the molecule is CC1(OCC(=O)O)CN(c2ccc([N+](=O)[O-])c(C#N)c2)C1. The Balaban J connectivity index is 2.07. The molecule has 0 unspecified atom stereocenters. The average Bonchev–Trinajstić information content (AvgIpc) is 2.41. The van der Waals surface area contributed by atoms with Gasteiger partial charge in [-0.1, -0.05) is 0 Å². The van der Waals surface area contributed by atoms with Crippen molar-refractivity contribution in [2.75, 3.05) is 24.6 Å². The minimum Gasteiger partial charge on any atom is -0.480 e. The Morgan fingerprint density at radius 3 is 2.81 bits per heavy atom. The molecular formula is C13H13N3O5. The molecule has 1 aromatic carbocycles. The lowest BCUT2D eigenvalue weighted by Crippen LogP contribution is -2.62. The smallest absolute Gasteiger partial charge is 0.329 e. The number of hydrogen-bond acceptors (Lipinski definition) is 6. The van der Waals surface area contributed by atoms with E-state index in [-0.39, 0.29) is 17.9 Å². The van der Waals surface area contributed by atoms with Crippen LogP contribution in [0, 0.1) is 21.4 Å². The maximum Gasteiger partial charge on any atom is 0.329 e. The van der Waals surface area contributed by atoms with E-state index in [9.17, 15) is 14.9 Å². The molecule has 1 aromatic rings. The van der Waals surface area contributed by atoms with Crippen LogP contribution in [0.25, 0.3) is 0 Å². The summed E-state index contributed by atoms with van der Waals surface area (Å²) in [7, 11) is 0. The van der Waals surface area contributed by atoms with Crippen LogP contribution >= 0.6 is 0 Å². The number of benzene rings is 1. The minimum absolute atomic E-state index is 0.00226. The quantitative estimate of drug-likeness (QED) is 0.638. The van der Waals surface area contributed by atoms with Crippen molar-refractivity contribution in [3.8, 4) is 6.07 Å². The van der Waals surface area contributed by atoms with Crippen LogP contribution < -0.4 is 4.90 Å². The summed E-state index contributed by atoms with van der Waals surface area (Å²) in [6, 6.07) is 6.12. The predicted molar refractivity (Wildman–Crippen MR) is 72.0 cm³/mol. The van der Waals surface area contributed by atoms with Gasteiger partial charge in [-0.15, -0.1) is 0 Å². The Hall–Kier alpha value is -2.66. The van der Waals surface area contributed by atoms with Crippen LogP contribution in [0.1, 0.15) is 12.5 Å². The third-order valence-electron chi connectivity index (χ3n) is 3.26. The van der Waals surface area contributed by atoms with Gasteiger partial charge in [0.2, 0.25) is 0 Å². The predicted octanol–water partition coefficient (Wildman–Crippen LogP) is 1.15. The highest BCUT2D eigenvalue weighted by Gasteiger charge is 2.40. The molecule has 2 rings (SSSR count). The van der Waals surface area contributed by atoms with Gasteiger partial charge in [0, 0.05) is 24.8 Å². The first-order chi connectivity index (χ1) is 9.84. The fourth-order valence-electron chi connectivity index (χ4n) is 2.24. The highest BCUT2D eigenvalue weighted by molar-refractivity contribution is 5.68. The molecule has 0 aliphatic carbocycles. The average molecular weight is 291 g/mol. The third kappa shape index (κ3) is 3.09. The lowest BCUT2D eigenvalue weighted by molar-refractivity contribution is -0.385. The first kappa shape index (κ1) is 14.7. The Bertz CT molecular complexity index is 631. The third-order valence-corrected chi connectivity index (χ3v) is 3.26. The van der Waals surface area contributed by atoms with E-state index in [1.165, 1.54) is 12.1 Å². The maximum absolute atomic E-state index is 10.8. The van der Waals surface area contributed by atoms with Crippen molar-refractivity contribution in [3.05, 3.63) is 33.9 Å². The van der Waals surface area contributed by atoms with Gasteiger partial charge in [-0.3, -0.25) is 10.1 Å². The summed E-state index contributed by atoms with van der Waals surface area (Å²) in [6.07, 6.45) is 0. The summed E-state index contributed by atoms with van der Waals surface area (Å²) in [4.78, 5) is 22.5. The van der Waals surface area contributed by atoms with Crippen LogP contribution in [-0.4, -0.2) is 41.3 Å². The van der Waals surface area contributed by atoms with E-state index in [0.717, 1.165) is 0 Å². The minimum atomic E-state index is -1.03. The van der Waals surface area contributed by atoms with E-state index in [1.54, 1.807) is 19.1 Å². The number of ether oxygens (including phenoxy) is 1. The van der Waals surface area contributed by atoms with Gasteiger partial charge in [0.05, 0.1) is 4.92 Å². The number of anilines is 1. The Kier molecular flexibility index (Phi) is 3.78. The first-order valence-electron chi connectivity index (χ1n) is 6.14. The van der Waals surface area contributed by atoms with Gasteiger partial charge in [-0.25, -0.2) is 4.79 Å². The van der Waals surface area contributed by atoms with Crippen LogP contribution in [0.2, 0.25) is 0 Å². The molecule has 0 amide bonds. The summed E-state index contributed by atoms with van der Waals surface area (Å²) in [5.41, 5.74) is -0.120. The fraction of sp³-hybridized carbons (Fsp3) is 0.385. The zero-order chi connectivity index (χ0) is 15.6. The molecule has 1 saturated heterocycles. The van der Waals surface area contributed by atoms with E-state index in [4.69, 9.17) is 15.1 Å². The fourth-order valence-corrected chi connectivity index (χ4v) is 2.24. The number of aliphatic carboxylic acids is 1. The van der Waals surface area contributed by atoms with Gasteiger partial charge >= 0.3 is 5.97 Å². The van der Waals surface area contributed by atoms with E-state index < -0.39 is 16.5 Å². The number of nitrogens with zero attached hydrogens (tertiary/aromatic N) is 3. The molecule has 1 aliphatic heterocycles. The molecule has 0 bridgehead atoms. The van der Waals surface area contributed by atoms with E-state index in [2.05, 4.69) is 0 Å². The largest absolute Gasteiger partial charge is 0.480 e. The molecule has 1 heterocycles. The summed E-state index contributed by atoms with van der Waals surface area (Å²) in [6.45, 7) is 2.35. The highest BCUT2D eigenvalue weighted by atomic mass is 16.6. The topological polar surface area (TPSA) is 117 Å². The number of nitro benzene ring substituents is 1. The van der Waals surface area contributed by atoms with Crippen molar-refractivity contribution in [1.82, 2.24) is 0 Å². The molecule has 110 valence electrons. The standard InChI is InChI=1S/C13H13N3O5/c1-13(21-6-12(17)18)7-15(8-13)10-2-3-11(16(19)20)9(4-10)5-14/h2-4H,6-8H2,1H3,(H,17,18). The molecule has 0 radical (unpaired) electrons. The van der Waals surface area contributed by atoms with Gasteiger partial charge in [0.25, 0.3) is 5.69 Å². The van der Waals surface area contributed by atoms with E-state index in [1.807, 2.05) is 4.90 Å². The molecule has 0 spiro atoms. The van der Waals surface area contributed by atoms with Gasteiger partial charge in [0.15, 0.2) is 0 Å². The van der Waals surface area contributed by atoms with Crippen molar-refractivity contribution < 1.29 is 19.6 Å². The normalized spacial score (nSPS) is 15.9. The summed E-state index contributed by atoms with van der Waals surface area (Å²) < 4.78 is 5.28. The number of nitriles is 1. The summed E-state index contributed by atoms with van der Waals surface area (Å²) in [5, 5.41) is 28.3. The second kappa shape index (κ2) is 5.38. The lowest BCUT2D eigenvalue weighted by Gasteiger charge is -2.48. The Morgan fingerprint density at radius 2 is 2.29 bits per heavy atom. The molecule has 1 aliphatic rings. The van der Waals surface area contributed by atoms with Crippen molar-refractivity contribution in [1.29, 1.82) is 5.26 Å². The second-order valence-corrected chi connectivity index (χ2v) is 5.06. The van der Waals surface area contributed by atoms with Crippen molar-refractivity contribution in [2.24, 2.45) is 0 Å². The molecule has 8 nitrogen and oxygen atoms in total. The molecule has 0 aromatic heterocycles. The zero-order valence-electron chi connectivity index (χ0n) is 11.3. The van der Waals surface area contributed by atoms with Gasteiger partial charge in [-0.2, -0.15) is 5.26 Å². The number of rotatable bonds is 5. The molecule has 0 atom stereocenters. The Morgan fingerprint density at radius 1 is 1.62 bits per heavy atom. The number of carboxylic acid groups (broad SMARTS) is 1. The van der Waals surface area contributed by atoms with Crippen LogP contribution in [0.5, 0.6) is 0 Å². The number of hydrogen-bond donors (Lipinski definition) is 1. The molecule has 21 heavy (non-hydrogen) atoms. The van der Waals surface area contributed by atoms with Crippen LogP contribution in [0.4, 0.5) is 11.4 Å².